The number of carbonyl (C=O) groups excluding carboxylic acids is 2. The van der Waals surface area contributed by atoms with Crippen LogP contribution in [0.2, 0.25) is 5.02 Å². The number of ether oxygens (including phenoxy) is 3. The topological polar surface area (TPSA) is 71.6 Å². The Morgan fingerprint density at radius 1 is 1.03 bits per heavy atom. The molecule has 4 rings (SSSR count). The molecule has 2 aromatic rings. The lowest BCUT2D eigenvalue weighted by atomic mass is 10.1. The van der Waals surface area contributed by atoms with E-state index in [4.69, 9.17) is 25.8 Å². The summed E-state index contributed by atoms with van der Waals surface area (Å²) in [6.07, 6.45) is 3.78. The number of methoxy groups -OCH3 is 1. The third kappa shape index (κ3) is 6.99. The second-order valence-electron chi connectivity index (χ2n) is 10.4. The average Bonchev–Trinajstić information content (AvgIpc) is 3.30. The van der Waals surface area contributed by atoms with Crippen LogP contribution in [-0.2, 0) is 16.0 Å². The van der Waals surface area contributed by atoms with Gasteiger partial charge in [0.05, 0.1) is 12.8 Å². The zero-order valence-electron chi connectivity index (χ0n) is 22.5. The molecule has 204 valence electrons. The van der Waals surface area contributed by atoms with Crippen molar-refractivity contribution >= 4 is 35.4 Å². The molecule has 2 aliphatic rings. The molecular weight excluding hydrogens is 506 g/mol. The van der Waals surface area contributed by atoms with Crippen molar-refractivity contribution in [3.8, 4) is 11.5 Å². The molecule has 2 aromatic carbocycles. The number of nitrogens with zero attached hydrogens (tertiary/aromatic N) is 3. The second kappa shape index (κ2) is 12.1. The molecule has 0 atom stereocenters. The first-order valence-electron chi connectivity index (χ1n) is 12.9. The number of hydrogen-bond donors (Lipinski definition) is 0. The highest BCUT2D eigenvalue weighted by Crippen LogP contribution is 2.39. The van der Waals surface area contributed by atoms with Crippen LogP contribution in [0.5, 0.6) is 11.5 Å². The van der Waals surface area contributed by atoms with Crippen LogP contribution in [0.4, 0.5) is 10.5 Å². The number of carbonyl (C=O) groups is 2. The Kier molecular flexibility index (Phi) is 8.84. The molecule has 0 aliphatic carbocycles. The van der Waals surface area contributed by atoms with E-state index >= 15 is 0 Å². The Balaban J connectivity index is 1.34. The highest BCUT2D eigenvalue weighted by atomic mass is 35.5. The number of amides is 2. The Morgan fingerprint density at radius 2 is 1.76 bits per heavy atom. The lowest BCUT2D eigenvalue weighted by molar-refractivity contribution is -0.114. The molecule has 0 radical (unpaired) electrons. The van der Waals surface area contributed by atoms with Crippen molar-refractivity contribution in [2.24, 2.45) is 0 Å². The number of hydrogen-bond acceptors (Lipinski definition) is 6. The fourth-order valence-electron chi connectivity index (χ4n) is 4.52. The summed E-state index contributed by atoms with van der Waals surface area (Å²) in [5.74, 6) is 1.15. The van der Waals surface area contributed by atoms with Gasteiger partial charge < -0.3 is 24.0 Å². The van der Waals surface area contributed by atoms with Gasteiger partial charge in [0.2, 0.25) is 0 Å². The molecule has 2 heterocycles. The van der Waals surface area contributed by atoms with E-state index in [1.165, 1.54) is 0 Å². The van der Waals surface area contributed by atoms with E-state index < -0.39 is 5.60 Å². The van der Waals surface area contributed by atoms with Gasteiger partial charge in [-0.2, -0.15) is 0 Å². The Hall–Kier alpha value is -3.23. The van der Waals surface area contributed by atoms with Crippen LogP contribution >= 0.6 is 11.6 Å². The van der Waals surface area contributed by atoms with E-state index in [0.29, 0.717) is 49.3 Å². The van der Waals surface area contributed by atoms with Crippen LogP contribution in [0.3, 0.4) is 0 Å². The number of anilines is 1. The van der Waals surface area contributed by atoms with Crippen LogP contribution in [0, 0.1) is 0 Å². The third-order valence-corrected chi connectivity index (χ3v) is 6.87. The maximum atomic E-state index is 13.0. The van der Waals surface area contributed by atoms with Gasteiger partial charge in [-0.1, -0.05) is 29.8 Å². The minimum Gasteiger partial charge on any atom is -0.493 e. The SMILES string of the molecule is COc1cc2c(cc1OCCN1CCN(C(=O)OC(C)(C)C)CC1)N(C(=O)C=Cc1ccccc1Cl)CC2. The van der Waals surface area contributed by atoms with Gasteiger partial charge in [0.15, 0.2) is 11.5 Å². The number of piperazine rings is 1. The number of halogens is 1. The van der Waals surface area contributed by atoms with Gasteiger partial charge in [-0.25, -0.2) is 4.79 Å². The third-order valence-electron chi connectivity index (χ3n) is 6.53. The summed E-state index contributed by atoms with van der Waals surface area (Å²) in [5, 5.41) is 0.602. The molecule has 2 amide bonds. The Morgan fingerprint density at radius 3 is 2.45 bits per heavy atom. The molecule has 0 spiro atoms. The lowest BCUT2D eigenvalue weighted by Gasteiger charge is -2.35. The van der Waals surface area contributed by atoms with Crippen molar-refractivity contribution in [3.63, 3.8) is 0 Å². The monoisotopic (exact) mass is 541 g/mol. The van der Waals surface area contributed by atoms with Gasteiger partial charge >= 0.3 is 6.09 Å². The maximum Gasteiger partial charge on any atom is 0.410 e. The zero-order chi connectivity index (χ0) is 27.3. The van der Waals surface area contributed by atoms with E-state index in [9.17, 15) is 9.59 Å². The standard InChI is InChI=1S/C29H36ClN3O5/c1-29(2,3)38-28(35)32-15-13-31(14-16-32)17-18-37-26-20-24-22(19-25(26)36-4)11-12-33(24)27(34)10-9-21-7-5-6-8-23(21)30/h5-10,19-20H,11-18H2,1-4H3. The minimum atomic E-state index is -0.497. The smallest absolute Gasteiger partial charge is 0.410 e. The van der Waals surface area contributed by atoms with E-state index in [1.54, 1.807) is 35.1 Å². The van der Waals surface area contributed by atoms with Gasteiger partial charge in [-0.15, -0.1) is 0 Å². The van der Waals surface area contributed by atoms with Crippen LogP contribution < -0.4 is 14.4 Å². The van der Waals surface area contributed by atoms with E-state index in [-0.39, 0.29) is 12.0 Å². The predicted molar refractivity (Wildman–Crippen MR) is 149 cm³/mol. The molecule has 1 fully saturated rings. The van der Waals surface area contributed by atoms with Crippen molar-refractivity contribution in [2.45, 2.75) is 32.8 Å². The quantitative estimate of drug-likeness (QED) is 0.465. The number of fused-ring (bicyclic) bond motifs is 1. The summed E-state index contributed by atoms with van der Waals surface area (Å²) in [6, 6.07) is 11.3. The molecule has 1 saturated heterocycles. The second-order valence-corrected chi connectivity index (χ2v) is 10.8. The van der Waals surface area contributed by atoms with Crippen LogP contribution in [0.25, 0.3) is 6.08 Å². The van der Waals surface area contributed by atoms with Crippen LogP contribution in [0.15, 0.2) is 42.5 Å². The lowest BCUT2D eigenvalue weighted by Crippen LogP contribution is -2.50. The molecule has 38 heavy (non-hydrogen) atoms. The van der Waals surface area contributed by atoms with E-state index in [0.717, 1.165) is 36.3 Å². The van der Waals surface area contributed by atoms with Crippen molar-refractivity contribution < 1.29 is 23.8 Å². The van der Waals surface area contributed by atoms with Gasteiger partial charge in [0, 0.05) is 56.4 Å². The first-order valence-corrected chi connectivity index (χ1v) is 13.3. The van der Waals surface area contributed by atoms with Gasteiger partial charge in [-0.3, -0.25) is 9.69 Å². The normalized spacial score (nSPS) is 16.0. The molecule has 0 N–H and O–H groups in total. The molecule has 0 aromatic heterocycles. The predicted octanol–water partition coefficient (Wildman–Crippen LogP) is 4.88. The Labute approximate surface area is 229 Å². The minimum absolute atomic E-state index is 0.109. The maximum absolute atomic E-state index is 13.0. The largest absolute Gasteiger partial charge is 0.493 e. The fourth-order valence-corrected chi connectivity index (χ4v) is 4.72. The zero-order valence-corrected chi connectivity index (χ0v) is 23.3. The summed E-state index contributed by atoms with van der Waals surface area (Å²) in [6.45, 7) is 10.1. The molecule has 0 bridgehead atoms. The van der Waals surface area contributed by atoms with Crippen molar-refractivity contribution in [2.75, 3.05) is 57.9 Å². The fraction of sp³-hybridized carbons (Fsp3) is 0.448. The van der Waals surface area contributed by atoms with Crippen molar-refractivity contribution in [3.05, 3.63) is 58.6 Å². The molecule has 9 heteroatoms. The summed E-state index contributed by atoms with van der Waals surface area (Å²) < 4.78 is 17.2. The van der Waals surface area contributed by atoms with Crippen LogP contribution in [0.1, 0.15) is 31.9 Å². The summed E-state index contributed by atoms with van der Waals surface area (Å²) in [7, 11) is 1.62. The first kappa shape index (κ1) is 27.8. The molecule has 0 unspecified atom stereocenters. The van der Waals surface area contributed by atoms with Crippen LogP contribution in [-0.4, -0.2) is 80.4 Å². The first-order chi connectivity index (χ1) is 18.1. The summed E-state index contributed by atoms with van der Waals surface area (Å²) in [5.41, 5.74) is 2.18. The Bertz CT molecular complexity index is 1190. The molecular formula is C29H36ClN3O5. The van der Waals surface area contributed by atoms with Gasteiger partial charge in [-0.05, 0) is 56.5 Å². The highest BCUT2D eigenvalue weighted by Gasteiger charge is 2.27. The summed E-state index contributed by atoms with van der Waals surface area (Å²) >= 11 is 6.22. The highest BCUT2D eigenvalue weighted by molar-refractivity contribution is 6.32. The average molecular weight is 542 g/mol. The van der Waals surface area contributed by atoms with E-state index in [1.807, 2.05) is 51.1 Å². The van der Waals surface area contributed by atoms with Gasteiger partial charge in [0.25, 0.3) is 5.91 Å². The van der Waals surface area contributed by atoms with Gasteiger partial charge in [0.1, 0.15) is 12.2 Å². The van der Waals surface area contributed by atoms with E-state index in [2.05, 4.69) is 4.90 Å². The van der Waals surface area contributed by atoms with Crippen molar-refractivity contribution in [1.82, 2.24) is 9.80 Å². The molecule has 2 aliphatic heterocycles. The number of benzene rings is 2. The molecule has 8 nitrogen and oxygen atoms in total. The van der Waals surface area contributed by atoms with Crippen molar-refractivity contribution in [1.29, 1.82) is 0 Å². The molecule has 0 saturated carbocycles. The summed E-state index contributed by atoms with van der Waals surface area (Å²) in [4.78, 5) is 31.1. The number of rotatable bonds is 7.